The Morgan fingerprint density at radius 3 is 2.90 bits per heavy atom. The zero-order valence-electron chi connectivity index (χ0n) is 15.8. The first kappa shape index (κ1) is 19.8. The molecule has 1 aliphatic heterocycles. The Hall–Kier alpha value is -3.48. The summed E-state index contributed by atoms with van der Waals surface area (Å²) in [5.74, 6) is -0.711. The number of aliphatic hydroxyl groups is 2. The van der Waals surface area contributed by atoms with E-state index in [0.717, 1.165) is 0 Å². The predicted molar refractivity (Wildman–Crippen MR) is 103 cm³/mol. The number of fused-ring (bicyclic) bond motifs is 1. The van der Waals surface area contributed by atoms with Crippen LogP contribution >= 0.6 is 0 Å². The molecule has 1 fully saturated rings. The summed E-state index contributed by atoms with van der Waals surface area (Å²) in [7, 11) is 1.37. The minimum Gasteiger partial charge on any atom is -0.504 e. The Bertz CT molecular complexity index is 1090. The zero-order chi connectivity index (χ0) is 21.4. The lowest BCUT2D eigenvalue weighted by atomic mass is 10.1. The van der Waals surface area contributed by atoms with Crippen LogP contribution in [0.1, 0.15) is 16.6 Å². The van der Waals surface area contributed by atoms with Crippen LogP contribution in [-0.4, -0.2) is 72.7 Å². The Balaban J connectivity index is 1.69. The molecule has 158 valence electrons. The summed E-state index contributed by atoms with van der Waals surface area (Å²) >= 11 is 0. The first-order valence-corrected chi connectivity index (χ1v) is 9.00. The van der Waals surface area contributed by atoms with Crippen LogP contribution in [0, 0.1) is 0 Å². The highest BCUT2D eigenvalue weighted by Gasteiger charge is 2.46. The van der Waals surface area contributed by atoms with Gasteiger partial charge in [0.05, 0.1) is 25.6 Å². The van der Waals surface area contributed by atoms with Gasteiger partial charge in [0.1, 0.15) is 30.1 Å². The molecule has 0 aliphatic carbocycles. The fraction of sp³-hybridized carbons (Fsp3) is 0.333. The fourth-order valence-corrected chi connectivity index (χ4v) is 3.45. The van der Waals surface area contributed by atoms with Crippen molar-refractivity contribution in [2.75, 3.05) is 19.5 Å². The largest absolute Gasteiger partial charge is 0.504 e. The number of benzene rings is 1. The van der Waals surface area contributed by atoms with Crippen molar-refractivity contribution < 1.29 is 29.6 Å². The Labute approximate surface area is 169 Å². The fourth-order valence-electron chi connectivity index (χ4n) is 3.45. The number of imidazole rings is 1. The van der Waals surface area contributed by atoms with Crippen LogP contribution in [0.3, 0.4) is 0 Å². The number of hydrogen-bond donors (Lipinski definition) is 5. The van der Waals surface area contributed by atoms with Gasteiger partial charge in [-0.2, -0.15) is 0 Å². The van der Waals surface area contributed by atoms with Crippen LogP contribution in [-0.2, 0) is 4.74 Å². The van der Waals surface area contributed by atoms with Crippen LogP contribution in [0.25, 0.3) is 11.2 Å². The number of aliphatic hydroxyl groups excluding tert-OH is 2. The van der Waals surface area contributed by atoms with Gasteiger partial charge in [-0.25, -0.2) is 15.0 Å². The lowest BCUT2D eigenvalue weighted by Crippen LogP contribution is -2.46. The number of methoxy groups -OCH3 is 1. The van der Waals surface area contributed by atoms with Gasteiger partial charge in [-0.1, -0.05) is 6.07 Å². The number of nitrogens with zero attached hydrogens (tertiary/aromatic N) is 4. The molecule has 4 rings (SSSR count). The van der Waals surface area contributed by atoms with Crippen LogP contribution in [0.4, 0.5) is 5.82 Å². The number of phenolic OH excluding ortho intramolecular Hbond substituents is 1. The molecule has 0 bridgehead atoms. The molecular weight excluding hydrogens is 396 g/mol. The van der Waals surface area contributed by atoms with Gasteiger partial charge in [0.25, 0.3) is 5.91 Å². The first-order valence-electron chi connectivity index (χ1n) is 9.00. The lowest BCUT2D eigenvalue weighted by Gasteiger charge is -2.23. The maximum absolute atomic E-state index is 12.8. The van der Waals surface area contributed by atoms with E-state index in [1.807, 2.05) is 0 Å². The molecule has 3 heterocycles. The SMILES string of the molecule is COc1cccc(C(=O)N[C@@H]2[C@H](O)[C@@H](CO)O[C@H]2n2cnc3c(N)ncnc32)c1O. The van der Waals surface area contributed by atoms with E-state index in [-0.39, 0.29) is 22.9 Å². The van der Waals surface area contributed by atoms with Crippen molar-refractivity contribution in [1.29, 1.82) is 0 Å². The molecule has 1 aromatic carbocycles. The van der Waals surface area contributed by atoms with E-state index in [2.05, 4.69) is 20.3 Å². The maximum Gasteiger partial charge on any atom is 0.255 e. The van der Waals surface area contributed by atoms with Gasteiger partial charge in [-0.3, -0.25) is 9.36 Å². The van der Waals surface area contributed by atoms with Crippen molar-refractivity contribution in [3.8, 4) is 11.5 Å². The van der Waals surface area contributed by atoms with Crippen molar-refractivity contribution in [3.63, 3.8) is 0 Å². The van der Waals surface area contributed by atoms with E-state index in [4.69, 9.17) is 15.2 Å². The van der Waals surface area contributed by atoms with Crippen molar-refractivity contribution in [2.45, 2.75) is 24.5 Å². The topological polar surface area (TPSA) is 178 Å². The van der Waals surface area contributed by atoms with E-state index in [9.17, 15) is 20.1 Å². The number of amides is 1. The smallest absolute Gasteiger partial charge is 0.255 e. The molecule has 12 heteroatoms. The lowest BCUT2D eigenvalue weighted by molar-refractivity contribution is -0.0440. The second-order valence-corrected chi connectivity index (χ2v) is 6.68. The molecular formula is C18H20N6O6. The molecule has 4 atom stereocenters. The molecule has 0 saturated carbocycles. The van der Waals surface area contributed by atoms with Crippen LogP contribution < -0.4 is 15.8 Å². The van der Waals surface area contributed by atoms with Crippen molar-refractivity contribution >= 4 is 22.9 Å². The number of nitrogen functional groups attached to an aromatic ring is 1. The van der Waals surface area contributed by atoms with Crippen molar-refractivity contribution in [1.82, 2.24) is 24.8 Å². The number of aromatic hydroxyl groups is 1. The predicted octanol–water partition coefficient (Wildman–Crippen LogP) is -0.828. The molecule has 0 unspecified atom stereocenters. The van der Waals surface area contributed by atoms with Crippen LogP contribution in [0.15, 0.2) is 30.9 Å². The standard InChI is InChI=1S/C18H20N6O6/c1-29-9-4-2-3-8(13(9)26)17(28)23-11-14(27)10(5-25)30-18(11)24-7-22-12-15(19)20-6-21-16(12)24/h2-4,6-7,10-11,14,18,25-27H,5H2,1H3,(H,23,28)(H2,19,20,21)/t10-,11-,14-,18-/m1/s1. The van der Waals surface area contributed by atoms with E-state index in [1.54, 1.807) is 6.07 Å². The highest BCUT2D eigenvalue weighted by atomic mass is 16.5. The van der Waals surface area contributed by atoms with Gasteiger partial charge in [-0.05, 0) is 12.1 Å². The molecule has 0 radical (unpaired) electrons. The second-order valence-electron chi connectivity index (χ2n) is 6.68. The van der Waals surface area contributed by atoms with E-state index >= 15 is 0 Å². The summed E-state index contributed by atoms with van der Waals surface area (Å²) in [5.41, 5.74) is 6.44. The Kier molecular flexibility index (Phi) is 5.11. The molecule has 12 nitrogen and oxygen atoms in total. The summed E-state index contributed by atoms with van der Waals surface area (Å²) in [6, 6.07) is 3.47. The number of carbonyl (C=O) groups excluding carboxylic acids is 1. The van der Waals surface area contributed by atoms with Gasteiger partial charge in [-0.15, -0.1) is 0 Å². The molecule has 2 aromatic heterocycles. The minimum atomic E-state index is -1.24. The van der Waals surface area contributed by atoms with E-state index in [1.165, 1.54) is 36.5 Å². The third-order valence-electron chi connectivity index (χ3n) is 4.97. The third-order valence-corrected chi connectivity index (χ3v) is 4.97. The number of nitrogens with one attached hydrogen (secondary N) is 1. The van der Waals surface area contributed by atoms with E-state index in [0.29, 0.717) is 11.2 Å². The molecule has 1 saturated heterocycles. The number of hydrogen-bond acceptors (Lipinski definition) is 10. The first-order chi connectivity index (χ1) is 14.5. The summed E-state index contributed by atoms with van der Waals surface area (Å²) < 4.78 is 12.3. The third kappa shape index (κ3) is 3.16. The summed E-state index contributed by atoms with van der Waals surface area (Å²) in [5, 5.41) is 33.1. The highest BCUT2D eigenvalue weighted by Crippen LogP contribution is 2.33. The second kappa shape index (κ2) is 7.74. The number of rotatable bonds is 5. The van der Waals surface area contributed by atoms with Gasteiger partial charge in [0, 0.05) is 0 Å². The highest BCUT2D eigenvalue weighted by molar-refractivity contribution is 5.98. The molecule has 1 aliphatic rings. The number of nitrogens with two attached hydrogens (primary N) is 1. The van der Waals surface area contributed by atoms with Gasteiger partial charge >= 0.3 is 0 Å². The molecule has 3 aromatic rings. The summed E-state index contributed by atoms with van der Waals surface area (Å²) in [6.45, 7) is -0.474. The van der Waals surface area contributed by atoms with Gasteiger partial charge in [0.2, 0.25) is 0 Å². The number of anilines is 1. The number of ether oxygens (including phenoxy) is 2. The van der Waals surface area contributed by atoms with Crippen LogP contribution in [0.5, 0.6) is 11.5 Å². The average Bonchev–Trinajstić information content (AvgIpc) is 3.30. The molecule has 0 spiro atoms. The van der Waals surface area contributed by atoms with Gasteiger partial charge in [0.15, 0.2) is 29.2 Å². The van der Waals surface area contributed by atoms with Crippen molar-refractivity contribution in [2.24, 2.45) is 0 Å². The number of para-hydroxylation sites is 1. The maximum atomic E-state index is 12.8. The Morgan fingerprint density at radius 2 is 2.17 bits per heavy atom. The van der Waals surface area contributed by atoms with E-state index < -0.39 is 37.0 Å². The molecule has 1 amide bonds. The zero-order valence-corrected chi connectivity index (χ0v) is 15.8. The van der Waals surface area contributed by atoms with Gasteiger partial charge < -0.3 is 35.8 Å². The number of phenols is 1. The Morgan fingerprint density at radius 1 is 1.37 bits per heavy atom. The van der Waals surface area contributed by atoms with Crippen molar-refractivity contribution in [3.05, 3.63) is 36.4 Å². The minimum absolute atomic E-state index is 0.0465. The molecule has 6 N–H and O–H groups in total. The quantitative estimate of drug-likeness (QED) is 0.353. The molecule has 30 heavy (non-hydrogen) atoms. The normalized spacial score (nSPS) is 23.6. The monoisotopic (exact) mass is 416 g/mol. The average molecular weight is 416 g/mol. The number of carbonyl (C=O) groups is 1. The summed E-state index contributed by atoms with van der Waals surface area (Å²) in [6.07, 6.45) is -0.501. The summed E-state index contributed by atoms with van der Waals surface area (Å²) in [4.78, 5) is 25.0. The van der Waals surface area contributed by atoms with Crippen LogP contribution in [0.2, 0.25) is 0 Å². The number of aromatic nitrogens is 4.